The van der Waals surface area contributed by atoms with Crippen LogP contribution in [-0.4, -0.2) is 29.4 Å². The van der Waals surface area contributed by atoms with Crippen LogP contribution in [0.15, 0.2) is 42.5 Å². The maximum absolute atomic E-state index is 13.2. The number of benzene rings is 2. The van der Waals surface area contributed by atoms with Gasteiger partial charge in [-0.05, 0) is 50.2 Å². The topological polar surface area (TPSA) is 65.4 Å². The number of hydrogen-bond acceptors (Lipinski definition) is 4. The average molecular weight is 405 g/mol. The lowest BCUT2D eigenvalue weighted by molar-refractivity contribution is -0.0511. The third kappa shape index (κ3) is 4.34. The molecule has 29 heavy (non-hydrogen) atoms. The van der Waals surface area contributed by atoms with E-state index in [0.29, 0.717) is 22.6 Å². The third-order valence-electron chi connectivity index (χ3n) is 4.23. The van der Waals surface area contributed by atoms with Crippen molar-refractivity contribution in [2.75, 3.05) is 12.4 Å². The molecular weight excluding hydrogens is 387 g/mol. The van der Waals surface area contributed by atoms with Crippen LogP contribution < -0.4 is 14.8 Å². The van der Waals surface area contributed by atoms with Crippen LogP contribution >= 0.6 is 0 Å². The van der Waals surface area contributed by atoms with E-state index in [-0.39, 0.29) is 23.0 Å². The van der Waals surface area contributed by atoms with Crippen LogP contribution in [0.5, 0.6) is 11.5 Å². The Hall–Kier alpha value is -3.49. The van der Waals surface area contributed by atoms with E-state index in [1.54, 1.807) is 26.0 Å². The highest BCUT2D eigenvalue weighted by atomic mass is 19.3. The maximum Gasteiger partial charge on any atom is 0.387 e. The van der Waals surface area contributed by atoms with Crippen LogP contribution in [0.2, 0.25) is 0 Å². The number of alkyl halides is 2. The van der Waals surface area contributed by atoms with Gasteiger partial charge in [-0.15, -0.1) is 0 Å². The molecule has 0 bridgehead atoms. The van der Waals surface area contributed by atoms with Crippen molar-refractivity contribution in [2.24, 2.45) is 0 Å². The Labute approximate surface area is 164 Å². The van der Waals surface area contributed by atoms with Crippen LogP contribution in [-0.2, 0) is 0 Å². The van der Waals surface area contributed by atoms with Crippen molar-refractivity contribution in [1.29, 1.82) is 0 Å². The van der Waals surface area contributed by atoms with E-state index in [2.05, 4.69) is 15.2 Å². The van der Waals surface area contributed by atoms with E-state index >= 15 is 0 Å². The number of ether oxygens (including phenoxy) is 2. The molecule has 0 radical (unpaired) electrons. The summed E-state index contributed by atoms with van der Waals surface area (Å²) in [5.41, 5.74) is 2.18. The molecule has 0 aliphatic rings. The van der Waals surface area contributed by atoms with Gasteiger partial charge in [0, 0.05) is 11.8 Å². The van der Waals surface area contributed by atoms with E-state index in [0.717, 1.165) is 0 Å². The lowest BCUT2D eigenvalue weighted by atomic mass is 10.1. The molecule has 2 aromatic carbocycles. The molecule has 0 spiro atoms. The van der Waals surface area contributed by atoms with Gasteiger partial charge in [-0.1, -0.05) is 0 Å². The van der Waals surface area contributed by atoms with E-state index in [9.17, 15) is 18.0 Å². The van der Waals surface area contributed by atoms with Gasteiger partial charge in [0.2, 0.25) is 0 Å². The number of halogens is 3. The van der Waals surface area contributed by atoms with Crippen molar-refractivity contribution >= 4 is 11.6 Å². The van der Waals surface area contributed by atoms with Gasteiger partial charge in [0.15, 0.2) is 11.5 Å². The zero-order chi connectivity index (χ0) is 21.1. The van der Waals surface area contributed by atoms with E-state index in [4.69, 9.17) is 4.74 Å². The highest BCUT2D eigenvalue weighted by Gasteiger charge is 2.20. The normalized spacial score (nSPS) is 10.9. The summed E-state index contributed by atoms with van der Waals surface area (Å²) in [6.07, 6.45) is 0. The minimum Gasteiger partial charge on any atom is -0.493 e. The van der Waals surface area contributed by atoms with Crippen molar-refractivity contribution in [2.45, 2.75) is 20.5 Å². The number of methoxy groups -OCH3 is 1. The van der Waals surface area contributed by atoms with Crippen LogP contribution in [0.25, 0.3) is 5.69 Å². The van der Waals surface area contributed by atoms with Gasteiger partial charge in [0.25, 0.3) is 5.91 Å². The van der Waals surface area contributed by atoms with E-state index in [1.807, 2.05) is 0 Å². The fourth-order valence-corrected chi connectivity index (χ4v) is 2.94. The summed E-state index contributed by atoms with van der Waals surface area (Å²) in [5.74, 6) is -0.938. The Kier molecular flexibility index (Phi) is 5.76. The highest BCUT2D eigenvalue weighted by Crippen LogP contribution is 2.32. The Morgan fingerprint density at radius 1 is 1.10 bits per heavy atom. The van der Waals surface area contributed by atoms with Gasteiger partial charge >= 0.3 is 6.61 Å². The lowest BCUT2D eigenvalue weighted by Crippen LogP contribution is -2.14. The Morgan fingerprint density at radius 3 is 2.41 bits per heavy atom. The fraction of sp³-hybridized carbons (Fsp3) is 0.200. The van der Waals surface area contributed by atoms with Crippen molar-refractivity contribution in [1.82, 2.24) is 9.78 Å². The minimum absolute atomic E-state index is 0.111. The first-order valence-corrected chi connectivity index (χ1v) is 8.56. The van der Waals surface area contributed by atoms with Gasteiger partial charge in [0.05, 0.1) is 29.7 Å². The Morgan fingerprint density at radius 2 is 1.79 bits per heavy atom. The Bertz CT molecular complexity index is 1030. The summed E-state index contributed by atoms with van der Waals surface area (Å²) < 4.78 is 49.3. The van der Waals surface area contributed by atoms with Crippen molar-refractivity contribution in [3.8, 4) is 17.2 Å². The maximum atomic E-state index is 13.2. The molecule has 152 valence electrons. The van der Waals surface area contributed by atoms with Crippen molar-refractivity contribution in [3.05, 3.63) is 65.2 Å². The molecule has 0 fully saturated rings. The molecule has 3 aromatic rings. The molecule has 6 nitrogen and oxygen atoms in total. The van der Waals surface area contributed by atoms with Crippen LogP contribution in [0.3, 0.4) is 0 Å². The largest absolute Gasteiger partial charge is 0.493 e. The number of amides is 1. The summed E-state index contributed by atoms with van der Waals surface area (Å²) >= 11 is 0. The Balaban J connectivity index is 1.89. The number of aryl methyl sites for hydroxylation is 1. The first-order chi connectivity index (χ1) is 13.8. The zero-order valence-corrected chi connectivity index (χ0v) is 15.9. The molecular formula is C20H18F3N3O3. The van der Waals surface area contributed by atoms with Crippen LogP contribution in [0, 0.1) is 19.7 Å². The number of aromatic nitrogens is 2. The quantitative estimate of drug-likeness (QED) is 0.656. The lowest BCUT2D eigenvalue weighted by Gasteiger charge is -2.12. The first-order valence-electron chi connectivity index (χ1n) is 8.56. The number of carbonyl (C=O) groups is 1. The monoisotopic (exact) mass is 405 g/mol. The summed E-state index contributed by atoms with van der Waals surface area (Å²) in [7, 11) is 1.32. The molecule has 0 aliphatic carbocycles. The fourth-order valence-electron chi connectivity index (χ4n) is 2.94. The minimum atomic E-state index is -3.03. The molecule has 0 saturated heterocycles. The SMILES string of the molecule is COc1ccc(NC(=O)c2c(C)nn(-c3ccc(F)cc3)c2C)cc1OC(F)F. The molecule has 1 heterocycles. The smallest absolute Gasteiger partial charge is 0.387 e. The average Bonchev–Trinajstić information content (AvgIpc) is 2.96. The van der Waals surface area contributed by atoms with Gasteiger partial charge in [-0.3, -0.25) is 4.79 Å². The number of nitrogens with one attached hydrogen (secondary N) is 1. The number of hydrogen-bond donors (Lipinski definition) is 1. The summed E-state index contributed by atoms with van der Waals surface area (Å²) in [5, 5.41) is 6.99. The number of carbonyl (C=O) groups excluding carboxylic acids is 1. The summed E-state index contributed by atoms with van der Waals surface area (Å²) in [4.78, 5) is 12.8. The highest BCUT2D eigenvalue weighted by molar-refractivity contribution is 6.06. The van der Waals surface area contributed by atoms with E-state index < -0.39 is 12.5 Å². The molecule has 0 atom stereocenters. The molecule has 0 aliphatic heterocycles. The van der Waals surface area contributed by atoms with Crippen molar-refractivity contribution in [3.63, 3.8) is 0 Å². The second-order valence-electron chi connectivity index (χ2n) is 6.13. The predicted molar refractivity (Wildman–Crippen MR) is 101 cm³/mol. The summed E-state index contributed by atoms with van der Waals surface area (Å²) in [6.45, 7) is 0.340. The molecule has 0 unspecified atom stereocenters. The summed E-state index contributed by atoms with van der Waals surface area (Å²) in [6, 6.07) is 9.86. The molecule has 0 saturated carbocycles. The first kappa shape index (κ1) is 20.2. The predicted octanol–water partition coefficient (Wildman–Crippen LogP) is 4.49. The van der Waals surface area contributed by atoms with Gasteiger partial charge in [0.1, 0.15) is 5.82 Å². The number of rotatable bonds is 6. The van der Waals surface area contributed by atoms with E-state index in [1.165, 1.54) is 42.1 Å². The van der Waals surface area contributed by atoms with Crippen molar-refractivity contribution < 1.29 is 27.4 Å². The number of nitrogens with zero attached hydrogens (tertiary/aromatic N) is 2. The van der Waals surface area contributed by atoms with Gasteiger partial charge in [-0.25, -0.2) is 9.07 Å². The second kappa shape index (κ2) is 8.26. The molecule has 1 amide bonds. The van der Waals surface area contributed by atoms with Gasteiger partial charge in [-0.2, -0.15) is 13.9 Å². The standard InChI is InChI=1S/C20H18F3N3O3/c1-11-18(12(2)26(25-11)15-7-4-13(21)5-8-15)19(27)24-14-6-9-16(28-3)17(10-14)29-20(22)23/h4-10,20H,1-3H3,(H,24,27). The molecule has 1 N–H and O–H groups in total. The van der Waals surface area contributed by atoms with Gasteiger partial charge < -0.3 is 14.8 Å². The molecule has 9 heteroatoms. The second-order valence-corrected chi connectivity index (χ2v) is 6.13. The molecule has 3 rings (SSSR count). The zero-order valence-electron chi connectivity index (χ0n) is 15.9. The molecule has 1 aromatic heterocycles. The number of anilines is 1. The van der Waals surface area contributed by atoms with Crippen LogP contribution in [0.1, 0.15) is 21.7 Å². The third-order valence-corrected chi connectivity index (χ3v) is 4.23. The van der Waals surface area contributed by atoms with Crippen LogP contribution in [0.4, 0.5) is 18.9 Å².